The molecule has 0 aliphatic rings. The van der Waals surface area contributed by atoms with Crippen molar-refractivity contribution in [2.75, 3.05) is 6.54 Å². The monoisotopic (exact) mass is 267 g/mol. The number of ether oxygens (including phenoxy) is 1. The van der Waals surface area contributed by atoms with E-state index < -0.39 is 0 Å². The van der Waals surface area contributed by atoms with Crippen molar-refractivity contribution < 1.29 is 4.74 Å². The van der Waals surface area contributed by atoms with Crippen LogP contribution in [0.3, 0.4) is 0 Å². The van der Waals surface area contributed by atoms with Crippen molar-refractivity contribution >= 4 is 0 Å². The van der Waals surface area contributed by atoms with Crippen LogP contribution in [0.25, 0.3) is 0 Å². The Morgan fingerprint density at radius 3 is 3.00 bits per heavy atom. The highest BCUT2D eigenvalue weighted by atomic mass is 16.5. The molecule has 0 bridgehead atoms. The van der Waals surface area contributed by atoms with E-state index in [-0.39, 0.29) is 0 Å². The number of pyridine rings is 1. The van der Waals surface area contributed by atoms with Gasteiger partial charge in [0.05, 0.1) is 0 Å². The highest BCUT2D eigenvalue weighted by Gasteiger charge is 2.03. The number of benzene rings is 1. The van der Waals surface area contributed by atoms with Crippen molar-refractivity contribution in [3.05, 3.63) is 59.4 Å². The quantitative estimate of drug-likeness (QED) is 0.874. The molecule has 102 valence electrons. The molecule has 1 N–H and O–H groups in total. The summed E-state index contributed by atoms with van der Waals surface area (Å²) in [4.78, 5) is 4.02. The van der Waals surface area contributed by atoms with Gasteiger partial charge < -0.3 is 10.1 Å². The summed E-state index contributed by atoms with van der Waals surface area (Å²) < 4.78 is 5.74. The first-order valence-corrected chi connectivity index (χ1v) is 6.60. The van der Waals surface area contributed by atoms with Gasteiger partial charge in [-0.15, -0.1) is 0 Å². The van der Waals surface area contributed by atoms with E-state index in [1.807, 2.05) is 24.3 Å². The maximum Gasteiger partial charge on any atom is 0.147 e. The third-order valence-electron chi connectivity index (χ3n) is 2.87. The van der Waals surface area contributed by atoms with Gasteiger partial charge in [-0.1, -0.05) is 25.1 Å². The molecule has 0 saturated carbocycles. The summed E-state index contributed by atoms with van der Waals surface area (Å²) in [5.41, 5.74) is 2.39. The Balaban J connectivity index is 2.02. The Morgan fingerprint density at radius 1 is 1.30 bits per heavy atom. The first-order valence-electron chi connectivity index (χ1n) is 6.60. The van der Waals surface area contributed by atoms with Gasteiger partial charge in [-0.3, -0.25) is 0 Å². The molecular formula is C16H17N3O. The average molecular weight is 267 g/mol. The van der Waals surface area contributed by atoms with Crippen LogP contribution in [0, 0.1) is 11.3 Å². The molecule has 1 aromatic carbocycles. The Labute approximate surface area is 119 Å². The highest BCUT2D eigenvalue weighted by molar-refractivity contribution is 5.32. The zero-order valence-corrected chi connectivity index (χ0v) is 11.5. The van der Waals surface area contributed by atoms with Gasteiger partial charge in [0, 0.05) is 18.3 Å². The lowest BCUT2D eigenvalue weighted by molar-refractivity contribution is 0.305. The number of rotatable bonds is 6. The van der Waals surface area contributed by atoms with Gasteiger partial charge in [-0.25, -0.2) is 4.98 Å². The molecular weight excluding hydrogens is 250 g/mol. The molecule has 0 amide bonds. The minimum Gasteiger partial charge on any atom is -0.489 e. The number of nitrogens with zero attached hydrogens (tertiary/aromatic N) is 2. The minimum atomic E-state index is 0.349. The zero-order valence-electron chi connectivity index (χ0n) is 11.5. The number of hydrogen-bond acceptors (Lipinski definition) is 4. The summed E-state index contributed by atoms with van der Waals surface area (Å²) in [5, 5.41) is 12.3. The van der Waals surface area contributed by atoms with Crippen LogP contribution in [-0.2, 0) is 13.2 Å². The summed E-state index contributed by atoms with van der Waals surface area (Å²) in [6, 6.07) is 13.7. The van der Waals surface area contributed by atoms with Gasteiger partial charge in [0.2, 0.25) is 0 Å². The van der Waals surface area contributed by atoms with Crippen LogP contribution in [0.4, 0.5) is 0 Å². The summed E-state index contributed by atoms with van der Waals surface area (Å²) in [7, 11) is 0. The first kappa shape index (κ1) is 14.0. The number of nitriles is 1. The van der Waals surface area contributed by atoms with Gasteiger partial charge in [0.15, 0.2) is 0 Å². The molecule has 4 heteroatoms. The second kappa shape index (κ2) is 7.27. The molecule has 0 saturated heterocycles. The summed E-state index contributed by atoms with van der Waals surface area (Å²) in [5.74, 6) is 0.799. The fraction of sp³-hybridized carbons (Fsp3) is 0.250. The standard InChI is InChI=1S/C16H17N3O/c1-2-18-11-13-5-3-7-15(9-13)20-12-14-6-4-8-19-16(14)10-17/h3-9,18H,2,11-12H2,1H3. The zero-order chi connectivity index (χ0) is 14.2. The molecule has 1 aromatic heterocycles. The Bertz CT molecular complexity index is 605. The predicted molar refractivity (Wildman–Crippen MR) is 77.1 cm³/mol. The minimum absolute atomic E-state index is 0.349. The van der Waals surface area contributed by atoms with Crippen LogP contribution in [0.5, 0.6) is 5.75 Å². The van der Waals surface area contributed by atoms with Crippen molar-refractivity contribution in [3.8, 4) is 11.8 Å². The second-order valence-electron chi connectivity index (χ2n) is 4.34. The van der Waals surface area contributed by atoms with E-state index in [2.05, 4.69) is 29.4 Å². The maximum absolute atomic E-state index is 8.98. The van der Waals surface area contributed by atoms with E-state index in [1.54, 1.807) is 12.3 Å². The molecule has 0 spiro atoms. The smallest absolute Gasteiger partial charge is 0.147 e. The van der Waals surface area contributed by atoms with E-state index in [9.17, 15) is 0 Å². The molecule has 0 fully saturated rings. The molecule has 4 nitrogen and oxygen atoms in total. The molecule has 0 aliphatic carbocycles. The van der Waals surface area contributed by atoms with Crippen molar-refractivity contribution in [2.24, 2.45) is 0 Å². The number of aromatic nitrogens is 1. The van der Waals surface area contributed by atoms with Gasteiger partial charge in [0.1, 0.15) is 24.1 Å². The molecule has 0 aliphatic heterocycles. The van der Waals surface area contributed by atoms with Crippen molar-refractivity contribution in [2.45, 2.75) is 20.1 Å². The van der Waals surface area contributed by atoms with Gasteiger partial charge >= 0.3 is 0 Å². The van der Waals surface area contributed by atoms with E-state index in [1.165, 1.54) is 5.56 Å². The fourth-order valence-electron chi connectivity index (χ4n) is 1.83. The van der Waals surface area contributed by atoms with Crippen LogP contribution in [0.1, 0.15) is 23.7 Å². The van der Waals surface area contributed by atoms with Crippen LogP contribution in [0.2, 0.25) is 0 Å². The highest BCUT2D eigenvalue weighted by Crippen LogP contribution is 2.16. The predicted octanol–water partition coefficient (Wildman–Crippen LogP) is 2.64. The normalized spacial score (nSPS) is 10.0. The van der Waals surface area contributed by atoms with Crippen LogP contribution in [-0.4, -0.2) is 11.5 Å². The lowest BCUT2D eigenvalue weighted by atomic mass is 10.2. The Morgan fingerprint density at radius 2 is 2.20 bits per heavy atom. The van der Waals surface area contributed by atoms with E-state index >= 15 is 0 Å². The van der Waals surface area contributed by atoms with Crippen molar-refractivity contribution in [1.82, 2.24) is 10.3 Å². The summed E-state index contributed by atoms with van der Waals surface area (Å²) >= 11 is 0. The topological polar surface area (TPSA) is 57.9 Å². The Kier molecular flexibility index (Phi) is 5.10. The molecule has 2 aromatic rings. The van der Waals surface area contributed by atoms with Crippen LogP contribution < -0.4 is 10.1 Å². The summed E-state index contributed by atoms with van der Waals surface area (Å²) in [6.45, 7) is 4.18. The molecule has 0 radical (unpaired) electrons. The maximum atomic E-state index is 8.98. The molecule has 0 unspecified atom stereocenters. The third-order valence-corrected chi connectivity index (χ3v) is 2.87. The number of hydrogen-bond donors (Lipinski definition) is 1. The van der Waals surface area contributed by atoms with Gasteiger partial charge in [-0.2, -0.15) is 5.26 Å². The van der Waals surface area contributed by atoms with Crippen molar-refractivity contribution in [1.29, 1.82) is 5.26 Å². The van der Waals surface area contributed by atoms with Crippen molar-refractivity contribution in [3.63, 3.8) is 0 Å². The fourth-order valence-corrected chi connectivity index (χ4v) is 1.83. The number of nitrogens with one attached hydrogen (secondary N) is 1. The molecule has 1 heterocycles. The average Bonchev–Trinajstić information content (AvgIpc) is 2.51. The SMILES string of the molecule is CCNCc1cccc(OCc2cccnc2C#N)c1. The molecule has 2 rings (SSSR count). The first-order chi connectivity index (χ1) is 9.83. The molecule has 0 atom stereocenters. The molecule has 20 heavy (non-hydrogen) atoms. The Hall–Kier alpha value is -2.38. The summed E-state index contributed by atoms with van der Waals surface area (Å²) in [6.07, 6.45) is 1.61. The lowest BCUT2D eigenvalue weighted by Gasteiger charge is -2.09. The lowest BCUT2D eigenvalue weighted by Crippen LogP contribution is -2.11. The van der Waals surface area contributed by atoms with E-state index in [0.29, 0.717) is 12.3 Å². The van der Waals surface area contributed by atoms with Gasteiger partial charge in [-0.05, 0) is 30.3 Å². The van der Waals surface area contributed by atoms with Crippen LogP contribution in [0.15, 0.2) is 42.6 Å². The van der Waals surface area contributed by atoms with E-state index in [4.69, 9.17) is 10.00 Å². The van der Waals surface area contributed by atoms with E-state index in [0.717, 1.165) is 24.4 Å². The largest absolute Gasteiger partial charge is 0.489 e. The second-order valence-corrected chi connectivity index (χ2v) is 4.34. The third kappa shape index (κ3) is 3.81. The van der Waals surface area contributed by atoms with Crippen LogP contribution >= 0.6 is 0 Å². The van der Waals surface area contributed by atoms with Gasteiger partial charge in [0.25, 0.3) is 0 Å².